The number of likely N-dealkylation sites (tertiary alicyclic amines) is 1. The molecule has 0 spiro atoms. The number of amides is 2. The van der Waals surface area contributed by atoms with Crippen LogP contribution < -0.4 is 14.5 Å². The molecule has 5 rings (SSSR count). The Morgan fingerprint density at radius 1 is 1.03 bits per heavy atom. The van der Waals surface area contributed by atoms with Crippen molar-refractivity contribution in [2.24, 2.45) is 0 Å². The lowest BCUT2D eigenvalue weighted by Gasteiger charge is -2.38. The monoisotopic (exact) mass is 497 g/mol. The maximum Gasteiger partial charge on any atom is 0.251 e. The Bertz CT molecular complexity index is 1280. The van der Waals surface area contributed by atoms with Gasteiger partial charge in [0, 0.05) is 73.5 Å². The minimum Gasteiger partial charge on any atom is -0.312 e. The van der Waals surface area contributed by atoms with Gasteiger partial charge in [-0.1, -0.05) is 36.4 Å². The Morgan fingerprint density at radius 3 is 2.46 bits per heavy atom. The van der Waals surface area contributed by atoms with Gasteiger partial charge in [-0.25, -0.2) is 0 Å². The van der Waals surface area contributed by atoms with Gasteiger partial charge in [-0.05, 0) is 54.2 Å². The van der Waals surface area contributed by atoms with Crippen LogP contribution in [0.4, 0.5) is 11.4 Å². The third-order valence-corrected chi connectivity index (χ3v) is 7.29. The number of rotatable bonds is 6. The van der Waals surface area contributed by atoms with Gasteiger partial charge in [0.25, 0.3) is 5.91 Å². The van der Waals surface area contributed by atoms with Gasteiger partial charge >= 0.3 is 0 Å². The first-order valence-corrected chi connectivity index (χ1v) is 12.9. The van der Waals surface area contributed by atoms with Gasteiger partial charge in [0.1, 0.15) is 0 Å². The molecule has 1 fully saturated rings. The number of carbonyl (C=O) groups is 2. The number of benzene rings is 2. The second-order valence-electron chi connectivity index (χ2n) is 9.78. The van der Waals surface area contributed by atoms with E-state index in [4.69, 9.17) is 0 Å². The number of hydrogen-bond acceptors (Lipinski definition) is 4. The molecular formula is C30H33N4O3+. The number of aromatic nitrogens is 1. The molecule has 0 atom stereocenters. The van der Waals surface area contributed by atoms with Crippen LogP contribution in [0, 0.1) is 0 Å². The van der Waals surface area contributed by atoms with Crippen LogP contribution in [0.3, 0.4) is 0 Å². The predicted octanol–water partition coefficient (Wildman–Crippen LogP) is 3.83. The fourth-order valence-corrected chi connectivity index (χ4v) is 5.33. The molecule has 190 valence electrons. The van der Waals surface area contributed by atoms with Gasteiger partial charge in [0.15, 0.2) is 0 Å². The number of fused-ring (bicyclic) bond motifs is 1. The van der Waals surface area contributed by atoms with E-state index in [9.17, 15) is 14.8 Å². The SMILES string of the molecule is CC(=O)N1CCc2ccc(N(C(=O)/C=C/c3cc[n+](O)cc3)C3CCN(Cc4ccccc4)CC3)cc21. The summed E-state index contributed by atoms with van der Waals surface area (Å²) in [6.45, 7) is 5.00. The molecule has 0 saturated carbocycles. The number of piperidine rings is 1. The summed E-state index contributed by atoms with van der Waals surface area (Å²) in [6.07, 6.45) is 9.01. The summed E-state index contributed by atoms with van der Waals surface area (Å²) < 4.78 is 0.972. The third-order valence-electron chi connectivity index (χ3n) is 7.29. The molecule has 3 aromatic rings. The average Bonchev–Trinajstić information content (AvgIpc) is 3.34. The molecule has 7 nitrogen and oxygen atoms in total. The Labute approximate surface area is 217 Å². The van der Waals surface area contributed by atoms with E-state index in [1.807, 2.05) is 23.1 Å². The highest BCUT2D eigenvalue weighted by Crippen LogP contribution is 2.34. The fourth-order valence-electron chi connectivity index (χ4n) is 5.33. The molecule has 2 aliphatic heterocycles. The lowest BCUT2D eigenvalue weighted by Crippen LogP contribution is -2.47. The van der Waals surface area contributed by atoms with E-state index in [1.165, 1.54) is 18.0 Å². The van der Waals surface area contributed by atoms with Crippen LogP contribution in [0.2, 0.25) is 0 Å². The zero-order chi connectivity index (χ0) is 25.8. The smallest absolute Gasteiger partial charge is 0.251 e. The first-order chi connectivity index (χ1) is 18.0. The average molecular weight is 498 g/mol. The summed E-state index contributed by atoms with van der Waals surface area (Å²) in [7, 11) is 0. The molecule has 7 heteroatoms. The highest BCUT2D eigenvalue weighted by atomic mass is 16.5. The van der Waals surface area contributed by atoms with Crippen molar-refractivity contribution in [1.29, 1.82) is 0 Å². The standard InChI is InChI=1S/C30H33N4O3/c1-23(35)33-20-13-26-8-9-28(21-29(26)33)34(30(36)10-7-24-11-18-32(37)19-12-24)27-14-16-31(17-15-27)22-25-5-3-2-4-6-25/h2-12,18-19,21,27,37H,13-17,20,22H2,1H3/q+1/b10-7+. The summed E-state index contributed by atoms with van der Waals surface area (Å²) in [5.41, 5.74) is 4.99. The van der Waals surface area contributed by atoms with Gasteiger partial charge < -0.3 is 9.80 Å². The van der Waals surface area contributed by atoms with Crippen molar-refractivity contribution >= 4 is 29.3 Å². The summed E-state index contributed by atoms with van der Waals surface area (Å²) in [5.74, 6) is -0.0670. The van der Waals surface area contributed by atoms with Gasteiger partial charge in [-0.2, -0.15) is 0 Å². The van der Waals surface area contributed by atoms with Crippen molar-refractivity contribution in [3.63, 3.8) is 0 Å². The molecule has 0 bridgehead atoms. The molecule has 0 aliphatic carbocycles. The lowest BCUT2D eigenvalue weighted by molar-refractivity contribution is -0.904. The largest absolute Gasteiger partial charge is 0.312 e. The molecule has 1 N–H and O–H groups in total. The molecule has 3 heterocycles. The van der Waals surface area contributed by atoms with Crippen molar-refractivity contribution in [3.05, 3.63) is 95.8 Å². The normalized spacial score (nSPS) is 16.2. The molecular weight excluding hydrogens is 464 g/mol. The van der Waals surface area contributed by atoms with Crippen LogP contribution in [-0.2, 0) is 22.6 Å². The fraction of sp³-hybridized carbons (Fsp3) is 0.300. The van der Waals surface area contributed by atoms with E-state index in [1.54, 1.807) is 36.1 Å². The highest BCUT2D eigenvalue weighted by molar-refractivity contribution is 6.05. The summed E-state index contributed by atoms with van der Waals surface area (Å²) in [4.78, 5) is 32.0. The van der Waals surface area contributed by atoms with Crippen LogP contribution in [0.25, 0.3) is 6.08 Å². The van der Waals surface area contributed by atoms with Crippen molar-refractivity contribution in [2.75, 3.05) is 29.4 Å². The molecule has 0 radical (unpaired) electrons. The molecule has 1 saturated heterocycles. The van der Waals surface area contributed by atoms with Crippen molar-refractivity contribution in [2.45, 2.75) is 38.8 Å². The zero-order valence-corrected chi connectivity index (χ0v) is 21.2. The quantitative estimate of drug-likeness (QED) is 0.319. The van der Waals surface area contributed by atoms with E-state index in [0.717, 1.165) is 66.1 Å². The molecule has 2 aromatic carbocycles. The van der Waals surface area contributed by atoms with E-state index in [-0.39, 0.29) is 17.9 Å². The number of nitrogens with zero attached hydrogens (tertiary/aromatic N) is 4. The van der Waals surface area contributed by atoms with Crippen LogP contribution in [0.5, 0.6) is 0 Å². The highest BCUT2D eigenvalue weighted by Gasteiger charge is 2.30. The Hall–Kier alpha value is -3.97. The van der Waals surface area contributed by atoms with Crippen molar-refractivity contribution in [1.82, 2.24) is 4.90 Å². The summed E-state index contributed by atoms with van der Waals surface area (Å²) in [5, 5.41) is 9.48. The number of carbonyl (C=O) groups excluding carboxylic acids is 2. The van der Waals surface area contributed by atoms with Crippen LogP contribution in [-0.4, -0.2) is 47.6 Å². The van der Waals surface area contributed by atoms with E-state index >= 15 is 0 Å². The molecule has 2 aliphatic rings. The first kappa shape index (κ1) is 24.7. The summed E-state index contributed by atoms with van der Waals surface area (Å²) in [6, 6.07) is 20.1. The number of hydrogen-bond donors (Lipinski definition) is 1. The maximum absolute atomic E-state index is 13.7. The van der Waals surface area contributed by atoms with Gasteiger partial charge in [0.2, 0.25) is 18.3 Å². The van der Waals surface area contributed by atoms with Crippen LogP contribution >= 0.6 is 0 Å². The van der Waals surface area contributed by atoms with Crippen molar-refractivity contribution in [3.8, 4) is 0 Å². The van der Waals surface area contributed by atoms with E-state index in [0.29, 0.717) is 6.54 Å². The number of pyridine rings is 1. The minimum atomic E-state index is -0.0884. The van der Waals surface area contributed by atoms with Crippen LogP contribution in [0.15, 0.2) is 79.1 Å². The topological polar surface area (TPSA) is 68.0 Å². The van der Waals surface area contributed by atoms with Gasteiger partial charge in [-0.15, -0.1) is 0 Å². The van der Waals surface area contributed by atoms with Gasteiger partial charge in [-0.3, -0.25) is 19.7 Å². The first-order valence-electron chi connectivity index (χ1n) is 12.9. The predicted molar refractivity (Wildman–Crippen MR) is 143 cm³/mol. The molecule has 2 amide bonds. The third kappa shape index (κ3) is 5.73. The Kier molecular flexibility index (Phi) is 7.32. The minimum absolute atomic E-state index is 0.0214. The Balaban J connectivity index is 1.38. The second-order valence-corrected chi connectivity index (χ2v) is 9.78. The summed E-state index contributed by atoms with van der Waals surface area (Å²) >= 11 is 0. The Morgan fingerprint density at radius 2 is 1.76 bits per heavy atom. The molecule has 0 unspecified atom stereocenters. The molecule has 37 heavy (non-hydrogen) atoms. The number of anilines is 2. The maximum atomic E-state index is 13.7. The van der Waals surface area contributed by atoms with Gasteiger partial charge in [0.05, 0.1) is 0 Å². The zero-order valence-electron chi connectivity index (χ0n) is 21.2. The van der Waals surface area contributed by atoms with E-state index in [2.05, 4.69) is 35.2 Å². The molecule has 1 aromatic heterocycles. The second kappa shape index (κ2) is 11.0. The van der Waals surface area contributed by atoms with Crippen molar-refractivity contribution < 1.29 is 19.5 Å². The lowest BCUT2D eigenvalue weighted by atomic mass is 10.0. The van der Waals surface area contributed by atoms with Crippen LogP contribution in [0.1, 0.15) is 36.5 Å². The van der Waals surface area contributed by atoms with E-state index < -0.39 is 0 Å².